The van der Waals surface area contributed by atoms with Crippen LogP contribution in [0.1, 0.15) is 6.92 Å². The van der Waals surface area contributed by atoms with Gasteiger partial charge in [0.25, 0.3) is 0 Å². The third-order valence-electron chi connectivity index (χ3n) is 1.08. The van der Waals surface area contributed by atoms with E-state index in [0.29, 0.717) is 11.9 Å². The first-order chi connectivity index (χ1) is 4.70. The number of carbonyl (C=O) groups is 1. The van der Waals surface area contributed by atoms with Crippen LogP contribution in [0.25, 0.3) is 0 Å². The maximum absolute atomic E-state index is 10.6. The second-order valence-electron chi connectivity index (χ2n) is 2.23. The third-order valence-corrected chi connectivity index (χ3v) is 1.59. The lowest BCUT2D eigenvalue weighted by molar-refractivity contribution is -0.118. The Morgan fingerprint density at radius 2 is 2.40 bits per heavy atom. The van der Waals surface area contributed by atoms with Crippen LogP contribution >= 0.6 is 15.9 Å². The van der Waals surface area contributed by atoms with Crippen molar-refractivity contribution >= 4 is 21.8 Å². The van der Waals surface area contributed by atoms with Crippen LogP contribution in [-0.4, -0.2) is 29.5 Å². The minimum Gasteiger partial charge on any atom is -0.396 e. The minimum absolute atomic E-state index is 0.0414. The van der Waals surface area contributed by atoms with Crippen molar-refractivity contribution in [3.05, 3.63) is 0 Å². The molecule has 0 aromatic rings. The Bertz CT molecular complexity index is 108. The molecule has 1 atom stereocenters. The summed E-state index contributed by atoms with van der Waals surface area (Å²) in [5.74, 6) is 0.100. The van der Waals surface area contributed by atoms with Crippen molar-refractivity contribution in [3.63, 3.8) is 0 Å². The molecular weight excluding hydrogens is 198 g/mol. The molecule has 1 amide bonds. The first kappa shape index (κ1) is 9.91. The molecule has 0 fully saturated rings. The summed E-state index contributed by atoms with van der Waals surface area (Å²) in [4.78, 5) is 10.6. The van der Waals surface area contributed by atoms with Crippen LogP contribution in [0.4, 0.5) is 0 Å². The average Bonchev–Trinajstić information content (AvgIpc) is 1.99. The lowest BCUT2D eigenvalue weighted by Crippen LogP contribution is -2.30. The zero-order valence-corrected chi connectivity index (χ0v) is 7.52. The summed E-state index contributed by atoms with van der Waals surface area (Å²) >= 11 is 3.01. The highest BCUT2D eigenvalue weighted by Crippen LogP contribution is 1.88. The molecule has 1 unspecified atom stereocenters. The van der Waals surface area contributed by atoms with Crippen LogP contribution in [0.2, 0.25) is 0 Å². The van der Waals surface area contributed by atoms with Gasteiger partial charge in [-0.2, -0.15) is 0 Å². The summed E-state index contributed by atoms with van der Waals surface area (Å²) in [6.45, 7) is 2.53. The largest absolute Gasteiger partial charge is 0.396 e. The molecule has 10 heavy (non-hydrogen) atoms. The van der Waals surface area contributed by atoms with Crippen LogP contribution < -0.4 is 5.32 Å². The van der Waals surface area contributed by atoms with E-state index in [9.17, 15) is 4.79 Å². The van der Waals surface area contributed by atoms with E-state index in [1.807, 2.05) is 6.92 Å². The first-order valence-corrected chi connectivity index (χ1v) is 4.26. The van der Waals surface area contributed by atoms with E-state index >= 15 is 0 Å². The van der Waals surface area contributed by atoms with Gasteiger partial charge in [-0.05, 0) is 5.92 Å². The summed E-state index contributed by atoms with van der Waals surface area (Å²) in [5.41, 5.74) is 0. The van der Waals surface area contributed by atoms with E-state index < -0.39 is 0 Å². The minimum atomic E-state index is -0.0414. The van der Waals surface area contributed by atoms with Gasteiger partial charge < -0.3 is 10.4 Å². The second-order valence-corrected chi connectivity index (χ2v) is 2.79. The van der Waals surface area contributed by atoms with Gasteiger partial charge in [-0.3, -0.25) is 4.79 Å². The molecule has 0 radical (unpaired) electrons. The molecule has 0 aromatic carbocycles. The van der Waals surface area contributed by atoms with Gasteiger partial charge >= 0.3 is 0 Å². The number of amides is 1. The smallest absolute Gasteiger partial charge is 0.230 e. The summed E-state index contributed by atoms with van der Waals surface area (Å²) in [6, 6.07) is 0. The van der Waals surface area contributed by atoms with Crippen molar-refractivity contribution in [1.82, 2.24) is 5.32 Å². The lowest BCUT2D eigenvalue weighted by Gasteiger charge is -2.07. The number of alkyl halides is 1. The number of aliphatic hydroxyl groups excluding tert-OH is 1. The van der Waals surface area contributed by atoms with E-state index in [0.717, 1.165) is 0 Å². The normalized spacial score (nSPS) is 12.7. The van der Waals surface area contributed by atoms with Crippen molar-refractivity contribution in [1.29, 1.82) is 0 Å². The van der Waals surface area contributed by atoms with Gasteiger partial charge in [-0.25, -0.2) is 0 Å². The van der Waals surface area contributed by atoms with Gasteiger partial charge in [0.2, 0.25) is 5.91 Å². The summed E-state index contributed by atoms with van der Waals surface area (Å²) in [5, 5.41) is 11.5. The van der Waals surface area contributed by atoms with Gasteiger partial charge in [0, 0.05) is 13.2 Å². The van der Waals surface area contributed by atoms with Crippen molar-refractivity contribution in [3.8, 4) is 0 Å². The second kappa shape index (κ2) is 5.68. The average molecular weight is 210 g/mol. The van der Waals surface area contributed by atoms with Crippen LogP contribution in [0.3, 0.4) is 0 Å². The topological polar surface area (TPSA) is 49.3 Å². The number of nitrogens with one attached hydrogen (secondary N) is 1. The standard InChI is InChI=1S/C6H12BrNO2/c1-5(4-9)3-8-6(10)2-7/h5,9H,2-4H2,1H3,(H,8,10). The zero-order valence-electron chi connectivity index (χ0n) is 5.93. The Morgan fingerprint density at radius 3 is 2.80 bits per heavy atom. The fourth-order valence-electron chi connectivity index (χ4n) is 0.400. The summed E-state index contributed by atoms with van der Waals surface area (Å²) in [7, 11) is 0. The summed E-state index contributed by atoms with van der Waals surface area (Å²) in [6.07, 6.45) is 0. The maximum Gasteiger partial charge on any atom is 0.230 e. The molecule has 0 aromatic heterocycles. The third kappa shape index (κ3) is 4.76. The highest BCUT2D eigenvalue weighted by atomic mass is 79.9. The van der Waals surface area contributed by atoms with Crippen LogP contribution in [0.5, 0.6) is 0 Å². The van der Waals surface area contributed by atoms with Gasteiger partial charge in [-0.15, -0.1) is 0 Å². The van der Waals surface area contributed by atoms with E-state index in [2.05, 4.69) is 21.2 Å². The van der Waals surface area contributed by atoms with Crippen LogP contribution in [-0.2, 0) is 4.79 Å². The number of hydrogen-bond donors (Lipinski definition) is 2. The molecule has 4 heteroatoms. The van der Waals surface area contributed by atoms with E-state index in [-0.39, 0.29) is 18.4 Å². The Hall–Kier alpha value is -0.0900. The first-order valence-electron chi connectivity index (χ1n) is 3.14. The maximum atomic E-state index is 10.6. The number of hydrogen-bond acceptors (Lipinski definition) is 2. The van der Waals surface area contributed by atoms with E-state index in [4.69, 9.17) is 5.11 Å². The van der Waals surface area contributed by atoms with Gasteiger partial charge in [0.05, 0.1) is 5.33 Å². The predicted octanol–water partition coefficient (Wildman–Crippen LogP) is 0.126. The summed E-state index contributed by atoms with van der Waals surface area (Å²) < 4.78 is 0. The Kier molecular flexibility index (Phi) is 5.63. The van der Waals surface area contributed by atoms with Crippen molar-refractivity contribution in [2.24, 2.45) is 5.92 Å². The molecule has 0 heterocycles. The molecule has 0 rings (SSSR count). The fourth-order valence-corrected chi connectivity index (χ4v) is 0.598. The molecular formula is C6H12BrNO2. The van der Waals surface area contributed by atoms with Gasteiger partial charge in [0.15, 0.2) is 0 Å². The van der Waals surface area contributed by atoms with Crippen molar-refractivity contribution in [2.45, 2.75) is 6.92 Å². The molecule has 0 aliphatic carbocycles. The molecule has 3 nitrogen and oxygen atoms in total. The molecule has 0 aliphatic heterocycles. The molecule has 0 aliphatic rings. The SMILES string of the molecule is CC(CO)CNC(=O)CBr. The van der Waals surface area contributed by atoms with E-state index in [1.54, 1.807) is 0 Å². The van der Waals surface area contributed by atoms with Crippen molar-refractivity contribution < 1.29 is 9.90 Å². The van der Waals surface area contributed by atoms with E-state index in [1.165, 1.54) is 0 Å². The molecule has 60 valence electrons. The number of aliphatic hydroxyl groups is 1. The van der Waals surface area contributed by atoms with Gasteiger partial charge in [0.1, 0.15) is 0 Å². The molecule has 0 bridgehead atoms. The Balaban J connectivity index is 3.26. The number of carbonyl (C=O) groups excluding carboxylic acids is 1. The monoisotopic (exact) mass is 209 g/mol. The molecule has 2 N–H and O–H groups in total. The quantitative estimate of drug-likeness (QED) is 0.648. The lowest BCUT2D eigenvalue weighted by atomic mass is 10.2. The Morgan fingerprint density at radius 1 is 1.80 bits per heavy atom. The van der Waals surface area contributed by atoms with Gasteiger partial charge in [-0.1, -0.05) is 22.9 Å². The predicted molar refractivity (Wildman–Crippen MR) is 43.1 cm³/mol. The van der Waals surface area contributed by atoms with Crippen LogP contribution in [0.15, 0.2) is 0 Å². The molecule has 0 spiro atoms. The highest BCUT2D eigenvalue weighted by molar-refractivity contribution is 9.09. The number of rotatable bonds is 4. The molecule has 0 saturated carbocycles. The fraction of sp³-hybridized carbons (Fsp3) is 0.833. The Labute approximate surface area is 68.9 Å². The van der Waals surface area contributed by atoms with Crippen molar-refractivity contribution in [2.75, 3.05) is 18.5 Å². The highest BCUT2D eigenvalue weighted by Gasteiger charge is 2.01. The molecule has 0 saturated heterocycles. The number of halogens is 1. The van der Waals surface area contributed by atoms with Crippen LogP contribution in [0, 0.1) is 5.92 Å². The zero-order chi connectivity index (χ0) is 7.98.